The van der Waals surface area contributed by atoms with Gasteiger partial charge in [-0.25, -0.2) is 14.4 Å². The van der Waals surface area contributed by atoms with Crippen molar-refractivity contribution in [3.05, 3.63) is 53.2 Å². The molecule has 1 aromatic carbocycles. The minimum atomic E-state index is -4.82. The monoisotopic (exact) mass is 471 g/mol. The molecule has 3 aromatic rings. The summed E-state index contributed by atoms with van der Waals surface area (Å²) in [4.78, 5) is 19.6. The highest BCUT2D eigenvalue weighted by atomic mass is 19.4. The zero-order valence-corrected chi connectivity index (χ0v) is 17.5. The van der Waals surface area contributed by atoms with Gasteiger partial charge in [0.25, 0.3) is 5.91 Å². The second kappa shape index (κ2) is 7.65. The first kappa shape index (κ1) is 22.9. The molecule has 0 spiro atoms. The molecule has 0 unspecified atom stereocenters. The molecule has 1 aliphatic rings. The number of carbonyl (C=O) groups excluding carboxylic acids is 1. The van der Waals surface area contributed by atoms with Crippen LogP contribution in [-0.2, 0) is 4.74 Å². The number of rotatable bonds is 4. The normalized spacial score (nSPS) is 25.5. The Labute approximate surface area is 183 Å². The predicted octanol–water partition coefficient (Wildman–Crippen LogP) is 4.42. The zero-order chi connectivity index (χ0) is 24.3. The summed E-state index contributed by atoms with van der Waals surface area (Å²) in [5.41, 5.74) is 2.29. The SMILES string of the molecule is COc1c([C@H]2[C@H](c3nc4c(C(N)=O)nccc4o3)O[C@@](C)(C(F)(F)F)[C@H]2C)ccc(F)c1F. The van der Waals surface area contributed by atoms with E-state index in [0.717, 1.165) is 26.2 Å². The number of pyridine rings is 1. The molecule has 1 amide bonds. The van der Waals surface area contributed by atoms with Gasteiger partial charge in [-0.2, -0.15) is 17.6 Å². The van der Waals surface area contributed by atoms with E-state index < -0.39 is 53.0 Å². The third-order valence-electron chi connectivity index (χ3n) is 6.11. The molecule has 4 atom stereocenters. The molecule has 4 rings (SSSR count). The van der Waals surface area contributed by atoms with Gasteiger partial charge in [-0.1, -0.05) is 13.0 Å². The van der Waals surface area contributed by atoms with Crippen molar-refractivity contribution in [1.29, 1.82) is 0 Å². The number of nitrogens with zero attached hydrogens (tertiary/aromatic N) is 2. The fourth-order valence-corrected chi connectivity index (χ4v) is 4.20. The summed E-state index contributed by atoms with van der Waals surface area (Å²) in [5.74, 6) is -6.86. The van der Waals surface area contributed by atoms with Crippen LogP contribution in [0.3, 0.4) is 0 Å². The molecule has 0 bridgehead atoms. The largest absolute Gasteiger partial charge is 0.493 e. The Hall–Kier alpha value is -3.28. The van der Waals surface area contributed by atoms with Gasteiger partial charge in [0.05, 0.1) is 7.11 Å². The maximum Gasteiger partial charge on any atom is 0.417 e. The van der Waals surface area contributed by atoms with Crippen LogP contribution in [0, 0.1) is 17.6 Å². The summed E-state index contributed by atoms with van der Waals surface area (Å²) in [6, 6.07) is 3.28. The average molecular weight is 471 g/mol. The van der Waals surface area contributed by atoms with Gasteiger partial charge >= 0.3 is 6.18 Å². The van der Waals surface area contributed by atoms with Crippen molar-refractivity contribution in [2.45, 2.75) is 37.6 Å². The minimum absolute atomic E-state index is 0.0432. The number of oxazole rings is 1. The molecular formula is C21H18F5N3O4. The van der Waals surface area contributed by atoms with Crippen LogP contribution in [0.15, 0.2) is 28.8 Å². The van der Waals surface area contributed by atoms with Gasteiger partial charge in [0.2, 0.25) is 11.7 Å². The fraction of sp³-hybridized carbons (Fsp3) is 0.381. The van der Waals surface area contributed by atoms with Crippen molar-refractivity contribution in [1.82, 2.24) is 9.97 Å². The van der Waals surface area contributed by atoms with E-state index in [1.54, 1.807) is 0 Å². The van der Waals surface area contributed by atoms with Gasteiger partial charge < -0.3 is 19.6 Å². The molecule has 0 saturated carbocycles. The number of amides is 1. The lowest BCUT2D eigenvalue weighted by Gasteiger charge is -2.32. The van der Waals surface area contributed by atoms with E-state index in [1.807, 2.05) is 0 Å². The van der Waals surface area contributed by atoms with Gasteiger partial charge in [0, 0.05) is 29.7 Å². The van der Waals surface area contributed by atoms with Gasteiger partial charge in [-0.15, -0.1) is 0 Å². The van der Waals surface area contributed by atoms with Crippen LogP contribution in [0.4, 0.5) is 22.0 Å². The van der Waals surface area contributed by atoms with Gasteiger partial charge in [-0.05, 0) is 13.0 Å². The molecule has 1 saturated heterocycles. The second-order valence-electron chi connectivity index (χ2n) is 7.86. The summed E-state index contributed by atoms with van der Waals surface area (Å²) in [6.45, 7) is 2.13. The second-order valence-corrected chi connectivity index (χ2v) is 7.86. The molecule has 176 valence electrons. The number of nitrogens with two attached hydrogens (primary N) is 1. The Morgan fingerprint density at radius 1 is 1.24 bits per heavy atom. The summed E-state index contributed by atoms with van der Waals surface area (Å²) >= 11 is 0. The Bertz CT molecular complexity index is 1240. The van der Waals surface area contributed by atoms with Crippen LogP contribution < -0.4 is 10.5 Å². The molecule has 3 heterocycles. The lowest BCUT2D eigenvalue weighted by atomic mass is 9.77. The predicted molar refractivity (Wildman–Crippen MR) is 103 cm³/mol. The molecule has 1 aliphatic heterocycles. The molecule has 7 nitrogen and oxygen atoms in total. The Kier molecular flexibility index (Phi) is 5.31. The number of fused-ring (bicyclic) bond motifs is 1. The van der Waals surface area contributed by atoms with Crippen molar-refractivity contribution < 1.29 is 40.6 Å². The number of benzene rings is 1. The van der Waals surface area contributed by atoms with Crippen molar-refractivity contribution in [2.24, 2.45) is 11.7 Å². The summed E-state index contributed by atoms with van der Waals surface area (Å²) in [7, 11) is 1.07. The maximum absolute atomic E-state index is 14.4. The molecule has 0 aliphatic carbocycles. The highest BCUT2D eigenvalue weighted by molar-refractivity contribution is 6.01. The number of carbonyl (C=O) groups is 1. The number of hydrogen-bond acceptors (Lipinski definition) is 6. The Morgan fingerprint density at radius 2 is 1.94 bits per heavy atom. The highest BCUT2D eigenvalue weighted by Crippen LogP contribution is 2.59. The van der Waals surface area contributed by atoms with E-state index in [4.69, 9.17) is 19.6 Å². The molecule has 2 N–H and O–H groups in total. The lowest BCUT2D eigenvalue weighted by Crippen LogP contribution is -2.46. The van der Waals surface area contributed by atoms with Crippen molar-refractivity contribution in [3.63, 3.8) is 0 Å². The minimum Gasteiger partial charge on any atom is -0.493 e. The topological polar surface area (TPSA) is 100 Å². The number of hydrogen-bond donors (Lipinski definition) is 1. The van der Waals surface area contributed by atoms with Crippen molar-refractivity contribution in [3.8, 4) is 5.75 Å². The average Bonchev–Trinajstić information content (AvgIpc) is 3.29. The number of alkyl halides is 3. The zero-order valence-electron chi connectivity index (χ0n) is 17.5. The molecular weight excluding hydrogens is 453 g/mol. The van der Waals surface area contributed by atoms with E-state index in [-0.39, 0.29) is 28.2 Å². The van der Waals surface area contributed by atoms with Crippen LogP contribution >= 0.6 is 0 Å². The van der Waals surface area contributed by atoms with Crippen LogP contribution in [0.5, 0.6) is 5.75 Å². The number of primary amides is 1. The van der Waals surface area contributed by atoms with Crippen LogP contribution in [0.2, 0.25) is 0 Å². The van der Waals surface area contributed by atoms with Gasteiger partial charge in [-0.3, -0.25) is 4.79 Å². The van der Waals surface area contributed by atoms with Gasteiger partial charge in [0.15, 0.2) is 28.4 Å². The number of halogens is 5. The van der Waals surface area contributed by atoms with E-state index in [9.17, 15) is 26.7 Å². The van der Waals surface area contributed by atoms with Crippen LogP contribution in [0.1, 0.15) is 47.8 Å². The summed E-state index contributed by atoms with van der Waals surface area (Å²) in [5, 5.41) is 0. The molecule has 1 fully saturated rings. The Morgan fingerprint density at radius 3 is 2.55 bits per heavy atom. The smallest absolute Gasteiger partial charge is 0.417 e. The highest BCUT2D eigenvalue weighted by Gasteiger charge is 2.65. The van der Waals surface area contributed by atoms with E-state index in [2.05, 4.69) is 9.97 Å². The van der Waals surface area contributed by atoms with Crippen molar-refractivity contribution >= 4 is 17.0 Å². The fourth-order valence-electron chi connectivity index (χ4n) is 4.20. The number of ether oxygens (including phenoxy) is 2. The first-order valence-electron chi connectivity index (χ1n) is 9.72. The maximum atomic E-state index is 14.4. The Balaban J connectivity index is 1.94. The first-order valence-corrected chi connectivity index (χ1v) is 9.72. The number of methoxy groups -OCH3 is 1. The third-order valence-corrected chi connectivity index (χ3v) is 6.11. The molecule has 12 heteroatoms. The summed E-state index contributed by atoms with van der Waals surface area (Å²) < 4.78 is 86.5. The van der Waals surface area contributed by atoms with E-state index in [0.29, 0.717) is 0 Å². The van der Waals surface area contributed by atoms with Crippen molar-refractivity contribution in [2.75, 3.05) is 7.11 Å². The van der Waals surface area contributed by atoms with Crippen LogP contribution in [-0.4, -0.2) is 34.8 Å². The third kappa shape index (κ3) is 3.39. The molecule has 2 aromatic heterocycles. The lowest BCUT2D eigenvalue weighted by molar-refractivity contribution is -0.276. The standard InChI is InChI=1S/C21H18F5N3O4/c1-8-12(9-4-5-10(22)13(23)16(9)31-3)17(33-20(8,2)21(24,25)26)19-29-14-11(32-19)6-7-28-15(14)18(27)30/h4-8,12,17H,1-3H3,(H2,27,30)/t8-,12-,17+,20+/m0/s1. The quantitative estimate of drug-likeness (QED) is 0.566. The summed E-state index contributed by atoms with van der Waals surface area (Å²) in [6.07, 6.45) is -5.08. The first-order chi connectivity index (χ1) is 15.4. The molecule has 0 radical (unpaired) electrons. The molecule has 33 heavy (non-hydrogen) atoms. The van der Waals surface area contributed by atoms with Gasteiger partial charge in [0.1, 0.15) is 11.6 Å². The van der Waals surface area contributed by atoms with E-state index >= 15 is 0 Å². The van der Waals surface area contributed by atoms with E-state index in [1.165, 1.54) is 19.2 Å². The number of aromatic nitrogens is 2. The van der Waals surface area contributed by atoms with Crippen LogP contribution in [0.25, 0.3) is 11.1 Å².